The number of carbonyl (C=O) groups is 1. The molecule has 38 heavy (non-hydrogen) atoms. The number of hydrogen-bond acceptors (Lipinski definition) is 8. The fraction of sp³-hybridized carbons (Fsp3) is 0.414. The maximum atomic E-state index is 13.6. The lowest BCUT2D eigenvalue weighted by Gasteiger charge is -2.34. The van der Waals surface area contributed by atoms with Crippen LogP contribution >= 0.6 is 11.9 Å². The summed E-state index contributed by atoms with van der Waals surface area (Å²) < 4.78 is 15.5. The molecule has 6 rings (SSSR count). The van der Waals surface area contributed by atoms with Gasteiger partial charge in [-0.2, -0.15) is 4.98 Å². The Morgan fingerprint density at radius 3 is 2.58 bits per heavy atom. The normalized spacial score (nSPS) is 20.8. The molecule has 2 saturated heterocycles. The minimum Gasteiger partial charge on any atom is -0.471 e. The summed E-state index contributed by atoms with van der Waals surface area (Å²) in [6.45, 7) is 8.46. The summed E-state index contributed by atoms with van der Waals surface area (Å²) in [7, 11) is 0. The number of rotatable bonds is 2. The Morgan fingerprint density at radius 2 is 1.76 bits per heavy atom. The second kappa shape index (κ2) is 10.9. The third-order valence-electron chi connectivity index (χ3n) is 7.58. The van der Waals surface area contributed by atoms with Crippen molar-refractivity contribution in [3.63, 3.8) is 0 Å². The van der Waals surface area contributed by atoms with Gasteiger partial charge in [0.1, 0.15) is 6.10 Å². The van der Waals surface area contributed by atoms with Crippen LogP contribution in [0.5, 0.6) is 5.88 Å². The van der Waals surface area contributed by atoms with Crippen LogP contribution in [0.1, 0.15) is 34.3 Å². The van der Waals surface area contributed by atoms with E-state index in [1.807, 2.05) is 35.2 Å². The summed E-state index contributed by atoms with van der Waals surface area (Å²) >= 11 is 1.39. The van der Waals surface area contributed by atoms with Crippen molar-refractivity contribution in [1.82, 2.24) is 19.8 Å². The van der Waals surface area contributed by atoms with E-state index in [0.717, 1.165) is 66.4 Å². The maximum Gasteiger partial charge on any atom is 0.254 e. The summed E-state index contributed by atoms with van der Waals surface area (Å²) in [5, 5.41) is 0. The molecule has 3 aromatic rings. The molecule has 2 aromatic carbocycles. The van der Waals surface area contributed by atoms with Gasteiger partial charge >= 0.3 is 0 Å². The van der Waals surface area contributed by atoms with E-state index >= 15 is 0 Å². The first kappa shape index (κ1) is 25.2. The van der Waals surface area contributed by atoms with Crippen LogP contribution in [0.4, 0.5) is 5.95 Å². The fourth-order valence-electron chi connectivity index (χ4n) is 5.67. The Kier molecular flexibility index (Phi) is 7.23. The third kappa shape index (κ3) is 5.36. The lowest BCUT2D eigenvalue weighted by atomic mass is 10.00. The predicted octanol–water partition coefficient (Wildman–Crippen LogP) is 4.58. The van der Waals surface area contributed by atoms with Gasteiger partial charge in [0, 0.05) is 61.0 Å². The highest BCUT2D eigenvalue weighted by molar-refractivity contribution is 8.00. The van der Waals surface area contributed by atoms with Crippen molar-refractivity contribution in [3.05, 3.63) is 65.2 Å². The summed E-state index contributed by atoms with van der Waals surface area (Å²) in [5.41, 5.74) is 4.88. The quantitative estimate of drug-likeness (QED) is 0.482. The number of aryl methyl sites for hydroxylation is 2. The Balaban J connectivity index is 1.41. The molecule has 3 aliphatic heterocycles. The molecule has 4 heterocycles. The number of nitrogens with zero attached hydrogens (tertiary/aromatic N) is 4. The van der Waals surface area contributed by atoms with E-state index in [1.54, 1.807) is 0 Å². The molecule has 2 fully saturated rings. The first-order valence-electron chi connectivity index (χ1n) is 13.3. The van der Waals surface area contributed by atoms with E-state index in [1.165, 1.54) is 11.9 Å². The number of fused-ring (bicyclic) bond motifs is 6. The van der Waals surface area contributed by atoms with Crippen LogP contribution < -0.4 is 9.46 Å². The van der Waals surface area contributed by atoms with Crippen LogP contribution in [0.25, 0.3) is 11.3 Å². The molecule has 6 bridgehead atoms. The van der Waals surface area contributed by atoms with E-state index in [4.69, 9.17) is 19.4 Å². The monoisotopic (exact) mass is 531 g/mol. The van der Waals surface area contributed by atoms with Crippen LogP contribution in [-0.4, -0.2) is 77.2 Å². The lowest BCUT2D eigenvalue weighted by molar-refractivity contribution is 0.0245. The highest BCUT2D eigenvalue weighted by Gasteiger charge is 2.32. The molecule has 0 saturated carbocycles. The van der Waals surface area contributed by atoms with Gasteiger partial charge in [-0.3, -0.25) is 14.4 Å². The average molecular weight is 532 g/mol. The number of anilines is 1. The number of carbonyl (C=O) groups excluding carboxylic acids is 1. The van der Waals surface area contributed by atoms with E-state index in [0.29, 0.717) is 36.5 Å². The van der Waals surface area contributed by atoms with Gasteiger partial charge in [-0.25, -0.2) is 4.98 Å². The van der Waals surface area contributed by atoms with Crippen molar-refractivity contribution >= 4 is 23.8 Å². The van der Waals surface area contributed by atoms with Gasteiger partial charge in [-0.05, 0) is 68.0 Å². The minimum atomic E-state index is -0.227. The summed E-state index contributed by atoms with van der Waals surface area (Å²) in [6, 6.07) is 16.4. The van der Waals surface area contributed by atoms with Crippen LogP contribution in [0, 0.1) is 13.8 Å². The summed E-state index contributed by atoms with van der Waals surface area (Å²) in [5.74, 6) is 1.02. The molecule has 0 aliphatic carbocycles. The van der Waals surface area contributed by atoms with Crippen molar-refractivity contribution in [2.45, 2.75) is 43.7 Å². The van der Waals surface area contributed by atoms with Gasteiger partial charge in [0.15, 0.2) is 0 Å². The molecule has 1 amide bonds. The van der Waals surface area contributed by atoms with Crippen LogP contribution in [0.3, 0.4) is 0 Å². The SMILES string of the molecule is Cc1cccc(C)c1-c1cc2nc(n1)NSc1cccc(c1)C(=O)N1CCN(C3CCOCC3)C[C@H](C1)O2. The summed E-state index contributed by atoms with van der Waals surface area (Å²) in [6.07, 6.45) is 1.77. The molecule has 3 aliphatic rings. The van der Waals surface area contributed by atoms with Gasteiger partial charge in [-0.1, -0.05) is 24.3 Å². The lowest BCUT2D eigenvalue weighted by Crippen LogP contribution is -2.45. The summed E-state index contributed by atoms with van der Waals surface area (Å²) in [4.78, 5) is 28.6. The zero-order valence-electron chi connectivity index (χ0n) is 21.9. The molecule has 1 aromatic heterocycles. The van der Waals surface area contributed by atoms with Crippen molar-refractivity contribution in [2.24, 2.45) is 0 Å². The number of amides is 1. The standard InChI is InChI=1S/C29H33N5O3S/c1-19-5-3-6-20(2)27(19)25-16-26-31-29(30-25)32-38-24-8-4-7-21(15-24)28(35)34-12-11-33(17-23(18-34)37-26)22-9-13-36-14-10-22/h3-8,15-16,22-23H,9-14,17-18H2,1-2H3,(H,30,31,32)/t23-/m1/s1. The molecule has 0 spiro atoms. The van der Waals surface area contributed by atoms with E-state index in [-0.39, 0.29) is 12.0 Å². The molecule has 1 atom stereocenters. The number of aromatic nitrogens is 2. The number of ether oxygens (including phenoxy) is 2. The van der Waals surface area contributed by atoms with E-state index in [9.17, 15) is 4.79 Å². The Bertz CT molecular complexity index is 1310. The third-order valence-corrected chi connectivity index (χ3v) is 8.36. The zero-order chi connectivity index (χ0) is 26.1. The van der Waals surface area contributed by atoms with E-state index in [2.05, 4.69) is 41.7 Å². The highest BCUT2D eigenvalue weighted by atomic mass is 32.2. The van der Waals surface area contributed by atoms with Crippen molar-refractivity contribution in [1.29, 1.82) is 0 Å². The molecule has 0 unspecified atom stereocenters. The van der Waals surface area contributed by atoms with Gasteiger partial charge in [0.05, 0.1) is 12.2 Å². The largest absolute Gasteiger partial charge is 0.471 e. The predicted molar refractivity (Wildman–Crippen MR) is 149 cm³/mol. The Morgan fingerprint density at radius 1 is 0.974 bits per heavy atom. The first-order chi connectivity index (χ1) is 18.5. The van der Waals surface area contributed by atoms with Crippen molar-refractivity contribution < 1.29 is 14.3 Å². The smallest absolute Gasteiger partial charge is 0.254 e. The van der Waals surface area contributed by atoms with Gasteiger partial charge < -0.3 is 14.4 Å². The Hall–Kier alpha value is -3.14. The molecular formula is C29H33N5O3S. The zero-order valence-corrected chi connectivity index (χ0v) is 22.7. The van der Waals surface area contributed by atoms with Crippen molar-refractivity contribution in [2.75, 3.05) is 44.1 Å². The number of benzene rings is 2. The van der Waals surface area contributed by atoms with E-state index < -0.39 is 0 Å². The molecule has 1 N–H and O–H groups in total. The molecule has 0 radical (unpaired) electrons. The highest BCUT2D eigenvalue weighted by Crippen LogP contribution is 2.31. The average Bonchev–Trinajstić information content (AvgIpc) is 3.14. The number of hydrogen-bond donors (Lipinski definition) is 1. The molecular weight excluding hydrogens is 498 g/mol. The van der Waals surface area contributed by atoms with Gasteiger partial charge in [-0.15, -0.1) is 0 Å². The topological polar surface area (TPSA) is 79.8 Å². The maximum absolute atomic E-state index is 13.6. The first-order valence-corrected chi connectivity index (χ1v) is 14.1. The second-order valence-corrected chi connectivity index (χ2v) is 11.1. The molecule has 9 heteroatoms. The van der Waals surface area contributed by atoms with Crippen LogP contribution in [0.15, 0.2) is 53.4 Å². The van der Waals surface area contributed by atoms with Crippen LogP contribution in [0.2, 0.25) is 0 Å². The van der Waals surface area contributed by atoms with Crippen LogP contribution in [-0.2, 0) is 4.74 Å². The number of nitrogens with one attached hydrogen (secondary N) is 1. The van der Waals surface area contributed by atoms with Crippen molar-refractivity contribution in [3.8, 4) is 17.1 Å². The molecule has 8 nitrogen and oxygen atoms in total. The molecule has 198 valence electrons. The Labute approximate surface area is 227 Å². The fourth-order valence-corrected chi connectivity index (χ4v) is 6.30. The van der Waals surface area contributed by atoms with Gasteiger partial charge in [0.25, 0.3) is 5.91 Å². The van der Waals surface area contributed by atoms with Gasteiger partial charge in [0.2, 0.25) is 11.8 Å². The second-order valence-electron chi connectivity index (χ2n) is 10.2. The minimum absolute atomic E-state index is 0.0307.